The Bertz CT molecular complexity index is 1200. The number of thiophene rings is 1. The number of ether oxygens (including phenoxy) is 1. The topological polar surface area (TPSA) is 61.5 Å². The molecule has 1 aromatic carbocycles. The summed E-state index contributed by atoms with van der Waals surface area (Å²) in [5, 5.41) is 4.21. The Morgan fingerprint density at radius 1 is 1.28 bits per heavy atom. The maximum atomic E-state index is 12.4. The van der Waals surface area contributed by atoms with Gasteiger partial charge in [0.2, 0.25) is 5.91 Å². The first-order valence-corrected chi connectivity index (χ1v) is 13.0. The molecule has 1 aliphatic rings. The quantitative estimate of drug-likeness (QED) is 0.361. The van der Waals surface area contributed by atoms with Gasteiger partial charge < -0.3 is 18.9 Å². The zero-order valence-electron chi connectivity index (χ0n) is 17.7. The van der Waals surface area contributed by atoms with Crippen LogP contribution in [0.15, 0.2) is 52.2 Å². The van der Waals surface area contributed by atoms with Crippen LogP contribution in [0.2, 0.25) is 0 Å². The second-order valence-electron chi connectivity index (χ2n) is 7.57. The van der Waals surface area contributed by atoms with Crippen LogP contribution in [0.25, 0.3) is 21.6 Å². The highest BCUT2D eigenvalue weighted by Crippen LogP contribution is 2.36. The molecule has 0 bridgehead atoms. The number of aromatic nitrogens is 2. The molecule has 1 saturated heterocycles. The predicted molar refractivity (Wildman–Crippen MR) is 134 cm³/mol. The molecule has 166 valence electrons. The zero-order chi connectivity index (χ0) is 21.9. The number of para-hydroxylation sites is 1. The van der Waals surface area contributed by atoms with E-state index >= 15 is 0 Å². The minimum atomic E-state index is 0.199. The summed E-state index contributed by atoms with van der Waals surface area (Å²) >= 11 is 5.12. The molecule has 1 amide bonds. The number of rotatable bonds is 7. The van der Waals surface area contributed by atoms with Gasteiger partial charge >= 0.3 is 0 Å². The Balaban J connectivity index is 1.30. The number of morpholine rings is 1. The molecule has 5 rings (SSSR count). The van der Waals surface area contributed by atoms with E-state index in [4.69, 9.17) is 4.74 Å². The molecule has 4 heterocycles. The number of carbonyl (C=O) groups is 1. The molecule has 0 atom stereocenters. The molecule has 0 saturated carbocycles. The number of hydrogen-bond acceptors (Lipinski definition) is 7. The van der Waals surface area contributed by atoms with Crippen molar-refractivity contribution >= 4 is 57.1 Å². The Morgan fingerprint density at radius 2 is 2.16 bits per heavy atom. The molecule has 32 heavy (non-hydrogen) atoms. The van der Waals surface area contributed by atoms with E-state index in [1.807, 2.05) is 11.1 Å². The average Bonchev–Trinajstić information content (AvgIpc) is 3.58. The minimum absolute atomic E-state index is 0.199. The van der Waals surface area contributed by atoms with Gasteiger partial charge in [-0.15, -0.1) is 22.7 Å². The number of fused-ring (bicyclic) bond motifs is 1. The second kappa shape index (κ2) is 9.66. The summed E-state index contributed by atoms with van der Waals surface area (Å²) in [5.41, 5.74) is 3.26. The highest BCUT2D eigenvalue weighted by molar-refractivity contribution is 8.02. The molecule has 0 radical (unpaired) electrons. The van der Waals surface area contributed by atoms with Crippen LogP contribution in [-0.2, 0) is 16.0 Å². The number of nitrogens with one attached hydrogen (secondary N) is 1. The lowest BCUT2D eigenvalue weighted by Crippen LogP contribution is -2.40. The van der Waals surface area contributed by atoms with Gasteiger partial charge in [-0.1, -0.05) is 18.2 Å². The van der Waals surface area contributed by atoms with Gasteiger partial charge in [-0.25, -0.2) is 4.98 Å². The van der Waals surface area contributed by atoms with Crippen LogP contribution < -0.4 is 4.31 Å². The second-order valence-corrected chi connectivity index (χ2v) is 11.1. The van der Waals surface area contributed by atoms with Gasteiger partial charge in [0.05, 0.1) is 34.3 Å². The van der Waals surface area contributed by atoms with Crippen molar-refractivity contribution in [2.24, 2.45) is 0 Å². The highest BCUT2D eigenvalue weighted by atomic mass is 32.2. The Kier molecular flexibility index (Phi) is 6.49. The van der Waals surface area contributed by atoms with E-state index in [0.717, 1.165) is 38.6 Å². The first kappa shape index (κ1) is 21.5. The Labute approximate surface area is 199 Å². The van der Waals surface area contributed by atoms with Crippen molar-refractivity contribution in [2.45, 2.75) is 17.1 Å². The maximum absolute atomic E-state index is 12.4. The summed E-state index contributed by atoms with van der Waals surface area (Å²) in [6.45, 7) is 2.67. The number of carbonyl (C=O) groups excluding carboxylic acids is 1. The largest absolute Gasteiger partial charge is 0.378 e. The Hall–Kier alpha value is -2.33. The lowest BCUT2D eigenvalue weighted by Gasteiger charge is -2.26. The molecule has 0 aliphatic carbocycles. The lowest BCUT2D eigenvalue weighted by molar-refractivity contribution is -0.135. The fourth-order valence-corrected chi connectivity index (χ4v) is 6.43. The van der Waals surface area contributed by atoms with Crippen molar-refractivity contribution in [3.8, 4) is 10.7 Å². The summed E-state index contributed by atoms with van der Waals surface area (Å²) in [7, 11) is 2.09. The van der Waals surface area contributed by atoms with Crippen molar-refractivity contribution in [2.75, 3.05) is 37.7 Å². The van der Waals surface area contributed by atoms with Crippen molar-refractivity contribution in [1.29, 1.82) is 0 Å². The van der Waals surface area contributed by atoms with Crippen LogP contribution >= 0.6 is 34.6 Å². The molecule has 1 N–H and O–H groups in total. The van der Waals surface area contributed by atoms with Gasteiger partial charge in [0.1, 0.15) is 5.01 Å². The molecule has 0 spiro atoms. The molecule has 1 aliphatic heterocycles. The van der Waals surface area contributed by atoms with Crippen LogP contribution in [0.4, 0.5) is 5.69 Å². The van der Waals surface area contributed by atoms with Crippen LogP contribution in [0.1, 0.15) is 11.3 Å². The summed E-state index contributed by atoms with van der Waals surface area (Å²) in [6, 6.07) is 12.7. The summed E-state index contributed by atoms with van der Waals surface area (Å²) in [5.74, 6) is 0.199. The van der Waals surface area contributed by atoms with Crippen molar-refractivity contribution in [3.05, 3.63) is 52.9 Å². The van der Waals surface area contributed by atoms with Gasteiger partial charge in [0.25, 0.3) is 0 Å². The number of amides is 1. The Morgan fingerprint density at radius 3 is 2.97 bits per heavy atom. The first-order valence-electron chi connectivity index (χ1n) is 10.5. The summed E-state index contributed by atoms with van der Waals surface area (Å²) in [4.78, 5) is 23.7. The van der Waals surface area contributed by atoms with Gasteiger partial charge in [0, 0.05) is 43.0 Å². The molecule has 1 fully saturated rings. The van der Waals surface area contributed by atoms with E-state index in [2.05, 4.69) is 63.1 Å². The number of aryl methyl sites for hydroxylation is 1. The average molecular weight is 485 g/mol. The fourth-order valence-electron chi connectivity index (χ4n) is 3.77. The third-order valence-electron chi connectivity index (χ3n) is 5.43. The summed E-state index contributed by atoms with van der Waals surface area (Å²) < 4.78 is 8.78. The third-order valence-corrected chi connectivity index (χ3v) is 8.48. The van der Waals surface area contributed by atoms with Gasteiger partial charge in [-0.05, 0) is 41.9 Å². The SMILES string of the molecule is CN(Sc1cccs1)c1cccc2cc(-c3ncc(CCC(=O)N4CCOCC4)s3)[nH]c12. The minimum Gasteiger partial charge on any atom is -0.378 e. The normalized spacial score (nSPS) is 14.2. The smallest absolute Gasteiger partial charge is 0.223 e. The van der Waals surface area contributed by atoms with Crippen LogP contribution in [0, 0.1) is 0 Å². The standard InChI is InChI=1S/C23H24N4O2S3/c1-26(32-21-6-3-13-30-21)19-5-2-4-16-14-18(25-22(16)19)23-24-15-17(31-23)7-8-20(28)27-9-11-29-12-10-27/h2-6,13-15,25H,7-12H2,1H3. The van der Waals surface area contributed by atoms with Crippen LogP contribution in [0.5, 0.6) is 0 Å². The number of hydrogen-bond donors (Lipinski definition) is 1. The fraction of sp³-hybridized carbons (Fsp3) is 0.304. The van der Waals surface area contributed by atoms with E-state index < -0.39 is 0 Å². The molecule has 9 heteroatoms. The van der Waals surface area contributed by atoms with Crippen molar-refractivity contribution in [3.63, 3.8) is 0 Å². The van der Waals surface area contributed by atoms with Crippen LogP contribution in [-0.4, -0.2) is 54.1 Å². The van der Waals surface area contributed by atoms with Gasteiger partial charge in [-0.3, -0.25) is 4.79 Å². The van der Waals surface area contributed by atoms with Crippen LogP contribution in [0.3, 0.4) is 0 Å². The summed E-state index contributed by atoms with van der Waals surface area (Å²) in [6.07, 6.45) is 3.14. The van der Waals surface area contributed by atoms with E-state index in [0.29, 0.717) is 32.7 Å². The van der Waals surface area contributed by atoms with Gasteiger partial charge in [0.15, 0.2) is 0 Å². The van der Waals surface area contributed by atoms with E-state index in [9.17, 15) is 4.79 Å². The number of thiazole rings is 1. The van der Waals surface area contributed by atoms with Crippen molar-refractivity contribution < 1.29 is 9.53 Å². The lowest BCUT2D eigenvalue weighted by atomic mass is 10.2. The molecule has 4 aromatic rings. The third kappa shape index (κ3) is 4.71. The number of benzene rings is 1. The molecular formula is C23H24N4O2S3. The number of nitrogens with zero attached hydrogens (tertiary/aromatic N) is 3. The zero-order valence-corrected chi connectivity index (χ0v) is 20.2. The molecular weight excluding hydrogens is 460 g/mol. The first-order chi connectivity index (χ1) is 15.7. The maximum Gasteiger partial charge on any atom is 0.223 e. The predicted octanol–water partition coefficient (Wildman–Crippen LogP) is 5.29. The highest BCUT2D eigenvalue weighted by Gasteiger charge is 2.18. The van der Waals surface area contributed by atoms with Gasteiger partial charge in [-0.2, -0.15) is 0 Å². The van der Waals surface area contributed by atoms with E-state index in [-0.39, 0.29) is 5.91 Å². The van der Waals surface area contributed by atoms with E-state index in [1.165, 1.54) is 4.21 Å². The molecule has 0 unspecified atom stereocenters. The number of aromatic amines is 1. The molecule has 3 aromatic heterocycles. The number of anilines is 1. The van der Waals surface area contributed by atoms with E-state index in [1.54, 1.807) is 34.6 Å². The van der Waals surface area contributed by atoms with Crippen molar-refractivity contribution in [1.82, 2.24) is 14.9 Å². The monoisotopic (exact) mass is 484 g/mol. The number of H-pyrrole nitrogens is 1. The molecule has 6 nitrogen and oxygen atoms in total.